The number of allylic oxidation sites excluding steroid dienone is 2. The van der Waals surface area contributed by atoms with Crippen LogP contribution in [0.3, 0.4) is 0 Å². The molecule has 0 atom stereocenters. The first-order chi connectivity index (χ1) is 6.65. The van der Waals surface area contributed by atoms with Gasteiger partial charge < -0.3 is 0 Å². The summed E-state index contributed by atoms with van der Waals surface area (Å²) < 4.78 is 0. The van der Waals surface area contributed by atoms with Crippen LogP contribution in [0, 0.1) is 0 Å². The Morgan fingerprint density at radius 1 is 1.29 bits per heavy atom. The predicted molar refractivity (Wildman–Crippen MR) is 62.0 cm³/mol. The van der Waals surface area contributed by atoms with E-state index < -0.39 is 0 Å². The molecule has 1 aromatic carbocycles. The number of carbonyl (C=O) groups is 1. The van der Waals surface area contributed by atoms with E-state index >= 15 is 0 Å². The first kappa shape index (κ1) is 11.1. The highest BCUT2D eigenvalue weighted by Gasteiger charge is 2.06. The van der Waals surface area contributed by atoms with Gasteiger partial charge in [0.15, 0.2) is 5.78 Å². The van der Waals surface area contributed by atoms with Gasteiger partial charge in [-0.3, -0.25) is 4.79 Å². The van der Waals surface area contributed by atoms with Gasteiger partial charge in [0, 0.05) is 10.5 Å². The lowest BCUT2D eigenvalue weighted by Crippen LogP contribution is -1.97. The summed E-state index contributed by atoms with van der Waals surface area (Å²) >= 11 is 1.60. The Labute approximate surface area is 89.2 Å². The maximum absolute atomic E-state index is 11.7. The fourth-order valence-electron chi connectivity index (χ4n) is 1.19. The van der Waals surface area contributed by atoms with Gasteiger partial charge in [-0.1, -0.05) is 17.7 Å². The largest absolute Gasteiger partial charge is 0.289 e. The van der Waals surface area contributed by atoms with Gasteiger partial charge in [0.2, 0.25) is 0 Å². The molecule has 2 heteroatoms. The van der Waals surface area contributed by atoms with Gasteiger partial charge in [0.05, 0.1) is 0 Å². The molecule has 0 aromatic heterocycles. The van der Waals surface area contributed by atoms with E-state index in [1.165, 1.54) is 0 Å². The van der Waals surface area contributed by atoms with Gasteiger partial charge >= 0.3 is 0 Å². The molecule has 0 heterocycles. The summed E-state index contributed by atoms with van der Waals surface area (Å²) in [5.41, 5.74) is 1.83. The Bertz CT molecular complexity index is 362. The van der Waals surface area contributed by atoms with Crippen molar-refractivity contribution in [3.05, 3.63) is 41.5 Å². The van der Waals surface area contributed by atoms with E-state index in [4.69, 9.17) is 0 Å². The summed E-state index contributed by atoms with van der Waals surface area (Å²) in [7, 11) is 0. The van der Waals surface area contributed by atoms with E-state index in [0.717, 1.165) is 16.0 Å². The minimum atomic E-state index is 0.0925. The van der Waals surface area contributed by atoms with E-state index in [2.05, 4.69) is 0 Å². The Morgan fingerprint density at radius 2 is 1.93 bits per heavy atom. The predicted octanol–water partition coefficient (Wildman–Crippen LogP) is 3.56. The van der Waals surface area contributed by atoms with Crippen LogP contribution in [0.25, 0.3) is 0 Å². The van der Waals surface area contributed by atoms with Gasteiger partial charge in [-0.2, -0.15) is 0 Å². The van der Waals surface area contributed by atoms with Crippen LogP contribution in [0.1, 0.15) is 24.2 Å². The molecule has 0 radical (unpaired) electrons. The molecule has 0 bridgehead atoms. The van der Waals surface area contributed by atoms with Crippen molar-refractivity contribution in [2.24, 2.45) is 0 Å². The number of thioether (sulfide) groups is 1. The van der Waals surface area contributed by atoms with E-state index in [1.54, 1.807) is 17.8 Å². The van der Waals surface area contributed by atoms with Crippen LogP contribution in [0.2, 0.25) is 0 Å². The quantitative estimate of drug-likeness (QED) is 0.427. The molecule has 0 aliphatic heterocycles. The Morgan fingerprint density at radius 3 is 2.50 bits per heavy atom. The molecule has 0 saturated heterocycles. The average molecular weight is 206 g/mol. The number of benzene rings is 1. The topological polar surface area (TPSA) is 17.1 Å². The molecule has 0 fully saturated rings. The minimum absolute atomic E-state index is 0.0925. The van der Waals surface area contributed by atoms with Crippen molar-refractivity contribution < 1.29 is 4.79 Å². The fourth-order valence-corrected chi connectivity index (χ4v) is 1.79. The molecular formula is C12H14OS. The van der Waals surface area contributed by atoms with E-state index in [0.29, 0.717) is 0 Å². The number of rotatable bonds is 3. The molecule has 0 amide bonds. The van der Waals surface area contributed by atoms with Crippen molar-refractivity contribution in [2.45, 2.75) is 18.7 Å². The van der Waals surface area contributed by atoms with Crippen molar-refractivity contribution in [1.29, 1.82) is 0 Å². The standard InChI is InChI=1S/C12H14OS/c1-9(2)8-11(13)10-6-4-5-7-12(10)14-3/h4-8H,1-3H3. The van der Waals surface area contributed by atoms with Gasteiger partial charge in [-0.15, -0.1) is 11.8 Å². The highest BCUT2D eigenvalue weighted by Crippen LogP contribution is 2.20. The third kappa shape index (κ3) is 2.74. The van der Waals surface area contributed by atoms with E-state index in [-0.39, 0.29) is 5.78 Å². The number of hydrogen-bond donors (Lipinski definition) is 0. The zero-order valence-corrected chi connectivity index (χ0v) is 9.52. The van der Waals surface area contributed by atoms with Crippen LogP contribution >= 0.6 is 11.8 Å². The summed E-state index contributed by atoms with van der Waals surface area (Å²) in [5.74, 6) is 0.0925. The molecule has 0 aliphatic rings. The minimum Gasteiger partial charge on any atom is -0.289 e. The van der Waals surface area contributed by atoms with Gasteiger partial charge in [-0.25, -0.2) is 0 Å². The molecule has 0 aliphatic carbocycles. The molecule has 0 spiro atoms. The molecule has 0 unspecified atom stereocenters. The third-order valence-electron chi connectivity index (χ3n) is 1.79. The van der Waals surface area contributed by atoms with Crippen molar-refractivity contribution in [3.63, 3.8) is 0 Å². The summed E-state index contributed by atoms with van der Waals surface area (Å²) in [6.45, 7) is 3.86. The highest BCUT2D eigenvalue weighted by atomic mass is 32.2. The molecule has 1 aromatic rings. The summed E-state index contributed by atoms with van der Waals surface area (Å²) in [4.78, 5) is 12.8. The maximum Gasteiger partial charge on any atom is 0.186 e. The lowest BCUT2D eigenvalue weighted by molar-refractivity contribution is 0.104. The molecule has 1 rings (SSSR count). The Balaban J connectivity index is 3.06. The first-order valence-electron chi connectivity index (χ1n) is 4.47. The first-order valence-corrected chi connectivity index (χ1v) is 5.70. The van der Waals surface area contributed by atoms with Gasteiger partial charge in [0.25, 0.3) is 0 Å². The van der Waals surface area contributed by atoms with Crippen LogP contribution < -0.4 is 0 Å². The third-order valence-corrected chi connectivity index (χ3v) is 2.59. The van der Waals surface area contributed by atoms with Crippen LogP contribution in [0.15, 0.2) is 40.8 Å². The lowest BCUT2D eigenvalue weighted by atomic mass is 10.1. The summed E-state index contributed by atoms with van der Waals surface area (Å²) in [6.07, 6.45) is 3.66. The van der Waals surface area contributed by atoms with Crippen molar-refractivity contribution in [1.82, 2.24) is 0 Å². The molecule has 74 valence electrons. The second-order valence-electron chi connectivity index (χ2n) is 3.29. The SMILES string of the molecule is CSc1ccccc1C(=O)C=C(C)C. The fraction of sp³-hybridized carbons (Fsp3) is 0.250. The highest BCUT2D eigenvalue weighted by molar-refractivity contribution is 7.98. The second kappa shape index (κ2) is 5.01. The van der Waals surface area contributed by atoms with Crippen LogP contribution in [0.5, 0.6) is 0 Å². The molecular weight excluding hydrogens is 192 g/mol. The molecule has 14 heavy (non-hydrogen) atoms. The normalized spacial score (nSPS) is 9.64. The van der Waals surface area contributed by atoms with Gasteiger partial charge in [0.1, 0.15) is 0 Å². The zero-order valence-electron chi connectivity index (χ0n) is 8.70. The summed E-state index contributed by atoms with van der Waals surface area (Å²) in [6, 6.07) is 7.68. The lowest BCUT2D eigenvalue weighted by Gasteiger charge is -2.02. The number of hydrogen-bond acceptors (Lipinski definition) is 2. The number of carbonyl (C=O) groups excluding carboxylic acids is 1. The Kier molecular flexibility index (Phi) is 3.96. The van der Waals surface area contributed by atoms with Crippen LogP contribution in [-0.4, -0.2) is 12.0 Å². The molecule has 0 saturated carbocycles. The summed E-state index contributed by atoms with van der Waals surface area (Å²) in [5, 5.41) is 0. The van der Waals surface area contributed by atoms with Crippen molar-refractivity contribution in [3.8, 4) is 0 Å². The maximum atomic E-state index is 11.7. The Hall–Kier alpha value is -1.02. The smallest absolute Gasteiger partial charge is 0.186 e. The average Bonchev–Trinajstić information content (AvgIpc) is 2.16. The van der Waals surface area contributed by atoms with E-state index in [9.17, 15) is 4.79 Å². The number of ketones is 1. The van der Waals surface area contributed by atoms with Crippen molar-refractivity contribution in [2.75, 3.05) is 6.26 Å². The zero-order chi connectivity index (χ0) is 10.6. The molecule has 0 N–H and O–H groups in total. The van der Waals surface area contributed by atoms with Crippen LogP contribution in [-0.2, 0) is 0 Å². The van der Waals surface area contributed by atoms with E-state index in [1.807, 2.05) is 44.4 Å². The van der Waals surface area contributed by atoms with Crippen LogP contribution in [0.4, 0.5) is 0 Å². The van der Waals surface area contributed by atoms with Gasteiger partial charge in [-0.05, 0) is 38.3 Å². The van der Waals surface area contributed by atoms with Crippen molar-refractivity contribution >= 4 is 17.5 Å². The molecule has 1 nitrogen and oxygen atoms in total. The monoisotopic (exact) mass is 206 g/mol. The second-order valence-corrected chi connectivity index (χ2v) is 4.13.